The van der Waals surface area contributed by atoms with Gasteiger partial charge in [0.2, 0.25) is 10.0 Å². The number of sulfonamides is 1. The summed E-state index contributed by atoms with van der Waals surface area (Å²) in [5, 5.41) is 3.78. The number of nitrogens with zero attached hydrogens (tertiary/aromatic N) is 3. The Morgan fingerprint density at radius 2 is 1.74 bits per heavy atom. The fraction of sp³-hybridized carbons (Fsp3) is 0.360. The second kappa shape index (κ2) is 10.5. The first kappa shape index (κ1) is 24.7. The van der Waals surface area contributed by atoms with Gasteiger partial charge in [-0.25, -0.2) is 13.2 Å². The summed E-state index contributed by atoms with van der Waals surface area (Å²) in [6, 6.07) is 15.4. The molecule has 2 aromatic carbocycles. The van der Waals surface area contributed by atoms with Gasteiger partial charge >= 0.3 is 12.0 Å². The van der Waals surface area contributed by atoms with Crippen molar-refractivity contribution in [1.82, 2.24) is 19.1 Å². The zero-order valence-electron chi connectivity index (χ0n) is 19.9. The highest BCUT2D eigenvalue weighted by Crippen LogP contribution is 2.24. The maximum atomic E-state index is 13.2. The van der Waals surface area contributed by atoms with E-state index in [0.717, 1.165) is 16.5 Å². The third kappa shape index (κ3) is 5.49. The van der Waals surface area contributed by atoms with E-state index in [9.17, 15) is 18.0 Å². The molecule has 1 aliphatic rings. The van der Waals surface area contributed by atoms with E-state index < -0.39 is 22.0 Å². The van der Waals surface area contributed by atoms with Gasteiger partial charge in [-0.2, -0.15) is 4.31 Å². The lowest BCUT2D eigenvalue weighted by molar-refractivity contribution is -0.143. The Morgan fingerprint density at radius 3 is 2.43 bits per heavy atom. The van der Waals surface area contributed by atoms with Gasteiger partial charge in [-0.1, -0.05) is 30.3 Å². The molecule has 1 aromatic heterocycles. The summed E-state index contributed by atoms with van der Waals surface area (Å²) in [5.74, 6) is -0.395. The van der Waals surface area contributed by atoms with Crippen LogP contribution in [0.1, 0.15) is 24.9 Å². The van der Waals surface area contributed by atoms with E-state index in [2.05, 4.69) is 5.32 Å². The molecule has 0 saturated carbocycles. The fourth-order valence-corrected chi connectivity index (χ4v) is 5.72. The number of aryl methyl sites for hydroxylation is 1. The fourth-order valence-electron chi connectivity index (χ4n) is 4.27. The number of urea groups is 1. The molecular formula is C25H30N4O5S. The number of amides is 2. The van der Waals surface area contributed by atoms with Crippen molar-refractivity contribution in [1.29, 1.82) is 0 Å². The molecule has 1 aliphatic heterocycles. The summed E-state index contributed by atoms with van der Waals surface area (Å²) in [5.41, 5.74) is 1.76. The Kier molecular flexibility index (Phi) is 7.42. The Balaban J connectivity index is 1.41. The lowest BCUT2D eigenvalue weighted by atomic mass is 10.0. The van der Waals surface area contributed by atoms with Crippen molar-refractivity contribution < 1.29 is 22.7 Å². The van der Waals surface area contributed by atoms with Gasteiger partial charge in [-0.15, -0.1) is 0 Å². The summed E-state index contributed by atoms with van der Waals surface area (Å²) < 4.78 is 34.8. The van der Waals surface area contributed by atoms with Crippen LogP contribution in [-0.4, -0.2) is 67.0 Å². The lowest BCUT2D eigenvalue weighted by Crippen LogP contribution is -2.53. The topological polar surface area (TPSA) is 101 Å². The van der Waals surface area contributed by atoms with E-state index in [-0.39, 0.29) is 50.1 Å². The van der Waals surface area contributed by atoms with Gasteiger partial charge in [-0.05, 0) is 36.8 Å². The number of carbonyl (C=O) groups excluding carboxylic acids is 2. The molecule has 0 unspecified atom stereocenters. The second-order valence-electron chi connectivity index (χ2n) is 8.46. The van der Waals surface area contributed by atoms with Gasteiger partial charge in [0.1, 0.15) is 0 Å². The number of fused-ring (bicyclic) bond motifs is 1. The minimum Gasteiger partial charge on any atom is -0.466 e. The molecule has 186 valence electrons. The number of ether oxygens (including phenoxy) is 1. The van der Waals surface area contributed by atoms with Crippen LogP contribution in [0, 0.1) is 0 Å². The Hall–Kier alpha value is -3.37. The van der Waals surface area contributed by atoms with E-state index in [4.69, 9.17) is 4.74 Å². The van der Waals surface area contributed by atoms with Gasteiger partial charge in [0, 0.05) is 50.3 Å². The third-order valence-electron chi connectivity index (χ3n) is 6.20. The number of nitrogens with one attached hydrogen (secondary N) is 1. The summed E-state index contributed by atoms with van der Waals surface area (Å²) in [4.78, 5) is 26.9. The zero-order valence-corrected chi connectivity index (χ0v) is 20.7. The largest absolute Gasteiger partial charge is 0.466 e. The Bertz CT molecular complexity index is 1300. The number of rotatable bonds is 7. The molecule has 0 spiro atoms. The molecule has 0 bridgehead atoms. The van der Waals surface area contributed by atoms with Crippen LogP contribution in [0.3, 0.4) is 0 Å². The molecule has 4 rings (SSSR count). The smallest absolute Gasteiger partial charge is 0.317 e. The van der Waals surface area contributed by atoms with Gasteiger partial charge in [0.15, 0.2) is 0 Å². The van der Waals surface area contributed by atoms with Gasteiger partial charge in [0.05, 0.1) is 24.0 Å². The Morgan fingerprint density at radius 1 is 1.03 bits per heavy atom. The summed E-state index contributed by atoms with van der Waals surface area (Å²) >= 11 is 0. The highest BCUT2D eigenvalue weighted by Gasteiger charge is 2.31. The van der Waals surface area contributed by atoms with Crippen LogP contribution in [0.15, 0.2) is 65.7 Å². The molecule has 2 heterocycles. The maximum Gasteiger partial charge on any atom is 0.317 e. The number of benzene rings is 2. The number of piperazine rings is 1. The van der Waals surface area contributed by atoms with Crippen LogP contribution < -0.4 is 5.32 Å². The predicted octanol–water partition coefficient (Wildman–Crippen LogP) is 2.89. The van der Waals surface area contributed by atoms with E-state index in [1.807, 2.05) is 54.2 Å². The van der Waals surface area contributed by atoms with Crippen molar-refractivity contribution in [2.45, 2.75) is 24.3 Å². The standard InChI is InChI=1S/C25H30N4O5S/c1-3-34-24(30)18-22(19-7-5-4-6-8-19)26-25(31)28-13-15-29(16-14-28)35(32,33)21-9-10-23-20(17-21)11-12-27(23)2/h4-12,17,22H,3,13-16,18H2,1-2H3,(H,26,31)/t22-/m0/s1. The van der Waals surface area contributed by atoms with E-state index >= 15 is 0 Å². The molecule has 1 saturated heterocycles. The lowest BCUT2D eigenvalue weighted by Gasteiger charge is -2.35. The van der Waals surface area contributed by atoms with E-state index in [0.29, 0.717) is 0 Å². The van der Waals surface area contributed by atoms with Crippen molar-refractivity contribution in [3.8, 4) is 0 Å². The van der Waals surface area contributed by atoms with Crippen LogP contribution in [0.25, 0.3) is 10.9 Å². The van der Waals surface area contributed by atoms with Crippen molar-refractivity contribution in [2.24, 2.45) is 7.05 Å². The molecule has 0 radical (unpaired) electrons. The summed E-state index contributed by atoms with van der Waals surface area (Å²) in [6.45, 7) is 2.88. The van der Waals surface area contributed by atoms with Crippen molar-refractivity contribution in [2.75, 3.05) is 32.8 Å². The average Bonchev–Trinajstić information content (AvgIpc) is 3.24. The van der Waals surface area contributed by atoms with Crippen LogP contribution in [0.2, 0.25) is 0 Å². The number of hydrogen-bond acceptors (Lipinski definition) is 5. The minimum atomic E-state index is -3.68. The quantitative estimate of drug-likeness (QED) is 0.505. The van der Waals surface area contributed by atoms with Crippen LogP contribution in [0.4, 0.5) is 4.79 Å². The minimum absolute atomic E-state index is 0.0138. The molecular weight excluding hydrogens is 468 g/mol. The number of carbonyl (C=O) groups is 2. The normalized spacial score (nSPS) is 15.7. The van der Waals surface area contributed by atoms with Gasteiger partial charge in [0.25, 0.3) is 0 Å². The SMILES string of the molecule is CCOC(=O)C[C@H](NC(=O)N1CCN(S(=O)(=O)c2ccc3c(ccn3C)c2)CC1)c1ccccc1. The van der Waals surface area contributed by atoms with Gasteiger partial charge < -0.3 is 19.5 Å². The first-order valence-corrected chi connectivity index (χ1v) is 13.0. The van der Waals surface area contributed by atoms with Crippen LogP contribution in [0.5, 0.6) is 0 Å². The van der Waals surface area contributed by atoms with E-state index in [1.165, 1.54) is 4.31 Å². The molecule has 9 nitrogen and oxygen atoms in total. The molecule has 10 heteroatoms. The molecule has 0 aliphatic carbocycles. The highest BCUT2D eigenvalue weighted by molar-refractivity contribution is 7.89. The molecule has 2 amide bonds. The van der Waals surface area contributed by atoms with E-state index in [1.54, 1.807) is 30.0 Å². The molecule has 1 fully saturated rings. The van der Waals surface area contributed by atoms with Crippen LogP contribution >= 0.6 is 0 Å². The summed E-state index contributed by atoms with van der Waals surface area (Å²) in [6.07, 6.45) is 1.91. The molecule has 3 aromatic rings. The maximum absolute atomic E-state index is 13.2. The summed E-state index contributed by atoms with van der Waals surface area (Å²) in [7, 11) is -1.76. The molecule has 35 heavy (non-hydrogen) atoms. The number of aromatic nitrogens is 1. The first-order chi connectivity index (χ1) is 16.8. The Labute approximate surface area is 205 Å². The predicted molar refractivity (Wildman–Crippen MR) is 132 cm³/mol. The second-order valence-corrected chi connectivity index (χ2v) is 10.4. The first-order valence-electron chi connectivity index (χ1n) is 11.6. The van der Waals surface area contributed by atoms with Crippen molar-refractivity contribution in [3.63, 3.8) is 0 Å². The number of hydrogen-bond donors (Lipinski definition) is 1. The third-order valence-corrected chi connectivity index (χ3v) is 8.09. The van der Waals surface area contributed by atoms with Crippen LogP contribution in [-0.2, 0) is 26.6 Å². The molecule has 1 N–H and O–H groups in total. The average molecular weight is 499 g/mol. The number of esters is 1. The monoisotopic (exact) mass is 498 g/mol. The van der Waals surface area contributed by atoms with Gasteiger partial charge in [-0.3, -0.25) is 4.79 Å². The molecule has 1 atom stereocenters. The highest BCUT2D eigenvalue weighted by atomic mass is 32.2. The van der Waals surface area contributed by atoms with Crippen molar-refractivity contribution >= 4 is 32.9 Å². The zero-order chi connectivity index (χ0) is 25.0. The van der Waals surface area contributed by atoms with Crippen molar-refractivity contribution in [3.05, 3.63) is 66.4 Å².